The molecule has 1 aliphatic rings. The highest BCUT2D eigenvalue weighted by Gasteiger charge is 2.34. The van der Waals surface area contributed by atoms with E-state index in [2.05, 4.69) is 10.1 Å². The highest BCUT2D eigenvalue weighted by atomic mass is 19.4. The maximum Gasteiger partial charge on any atom is 0.435 e. The van der Waals surface area contributed by atoms with Crippen LogP contribution in [-0.4, -0.2) is 33.7 Å². The highest BCUT2D eigenvalue weighted by molar-refractivity contribution is 5.69. The number of anilines is 1. The summed E-state index contributed by atoms with van der Waals surface area (Å²) >= 11 is 0. The van der Waals surface area contributed by atoms with E-state index in [-0.39, 0.29) is 6.04 Å². The van der Waals surface area contributed by atoms with E-state index in [0.717, 1.165) is 18.9 Å². The van der Waals surface area contributed by atoms with Crippen LogP contribution in [0.2, 0.25) is 0 Å². The van der Waals surface area contributed by atoms with Crippen molar-refractivity contribution >= 4 is 11.3 Å². The molecule has 108 valence electrons. The third-order valence-corrected chi connectivity index (χ3v) is 3.50. The molecule has 3 rings (SSSR count). The van der Waals surface area contributed by atoms with Crippen molar-refractivity contribution in [3.8, 4) is 0 Å². The molecule has 3 heterocycles. The van der Waals surface area contributed by atoms with Gasteiger partial charge >= 0.3 is 6.18 Å². The summed E-state index contributed by atoms with van der Waals surface area (Å²) in [5.74, 6) is 0.530. The number of halogens is 3. The minimum absolute atomic E-state index is 0.154. The van der Waals surface area contributed by atoms with Gasteiger partial charge in [-0.15, -0.1) is 0 Å². The molecule has 8 heteroatoms. The maximum absolute atomic E-state index is 12.7. The Morgan fingerprint density at radius 3 is 2.60 bits per heavy atom. The zero-order valence-electron chi connectivity index (χ0n) is 10.6. The Bertz CT molecular complexity index is 613. The molecule has 0 aromatic carbocycles. The first kappa shape index (κ1) is 13.2. The van der Waals surface area contributed by atoms with E-state index in [1.165, 1.54) is 16.9 Å². The second kappa shape index (κ2) is 4.62. The molecule has 20 heavy (non-hydrogen) atoms. The van der Waals surface area contributed by atoms with Crippen molar-refractivity contribution in [2.24, 2.45) is 5.73 Å². The van der Waals surface area contributed by atoms with Gasteiger partial charge in [-0.1, -0.05) is 0 Å². The summed E-state index contributed by atoms with van der Waals surface area (Å²) in [6, 6.07) is 1.19. The molecule has 0 bridgehead atoms. The molecule has 0 spiro atoms. The number of hydrogen-bond donors (Lipinski definition) is 1. The largest absolute Gasteiger partial charge is 0.435 e. The normalized spacial score (nSPS) is 17.9. The zero-order valence-corrected chi connectivity index (χ0v) is 10.6. The Hall–Kier alpha value is -1.83. The minimum atomic E-state index is -4.45. The lowest BCUT2D eigenvalue weighted by molar-refractivity contribution is -0.141. The molecule has 1 fully saturated rings. The van der Waals surface area contributed by atoms with Crippen LogP contribution in [0, 0.1) is 0 Å². The van der Waals surface area contributed by atoms with Crippen molar-refractivity contribution in [3.63, 3.8) is 0 Å². The lowest BCUT2D eigenvalue weighted by atomic mass is 10.1. The summed E-state index contributed by atoms with van der Waals surface area (Å²) in [4.78, 5) is 6.17. The van der Waals surface area contributed by atoms with Crippen LogP contribution in [0.5, 0.6) is 0 Å². The van der Waals surface area contributed by atoms with Gasteiger partial charge in [0.25, 0.3) is 0 Å². The fraction of sp³-hybridized carbons (Fsp3) is 0.500. The van der Waals surface area contributed by atoms with Gasteiger partial charge in [0.2, 0.25) is 0 Å². The molecule has 1 saturated heterocycles. The van der Waals surface area contributed by atoms with Crippen LogP contribution in [0.15, 0.2) is 18.5 Å². The monoisotopic (exact) mass is 285 g/mol. The van der Waals surface area contributed by atoms with Crippen molar-refractivity contribution in [2.45, 2.75) is 25.1 Å². The van der Waals surface area contributed by atoms with Crippen molar-refractivity contribution in [1.82, 2.24) is 14.6 Å². The van der Waals surface area contributed by atoms with Gasteiger partial charge < -0.3 is 10.6 Å². The van der Waals surface area contributed by atoms with Gasteiger partial charge in [0.05, 0.1) is 0 Å². The second-order valence-electron chi connectivity index (χ2n) is 4.93. The van der Waals surface area contributed by atoms with Gasteiger partial charge in [0.1, 0.15) is 5.52 Å². The van der Waals surface area contributed by atoms with E-state index in [4.69, 9.17) is 5.73 Å². The van der Waals surface area contributed by atoms with Crippen LogP contribution in [0.25, 0.3) is 5.52 Å². The number of piperidine rings is 1. The van der Waals surface area contributed by atoms with Gasteiger partial charge in [-0.3, -0.25) is 0 Å². The van der Waals surface area contributed by atoms with E-state index >= 15 is 0 Å². The van der Waals surface area contributed by atoms with Crippen molar-refractivity contribution in [2.75, 3.05) is 18.0 Å². The smallest absolute Gasteiger partial charge is 0.355 e. The van der Waals surface area contributed by atoms with Gasteiger partial charge in [-0.2, -0.15) is 18.3 Å². The van der Waals surface area contributed by atoms with Crippen LogP contribution in [0.3, 0.4) is 0 Å². The molecule has 0 saturated carbocycles. The van der Waals surface area contributed by atoms with E-state index in [1.807, 2.05) is 4.90 Å². The molecule has 5 nitrogen and oxygen atoms in total. The number of fused-ring (bicyclic) bond motifs is 1. The Morgan fingerprint density at radius 2 is 1.95 bits per heavy atom. The minimum Gasteiger partial charge on any atom is -0.355 e. The van der Waals surface area contributed by atoms with Crippen molar-refractivity contribution < 1.29 is 13.2 Å². The lowest BCUT2D eigenvalue weighted by Gasteiger charge is -2.31. The molecule has 0 atom stereocenters. The zero-order chi connectivity index (χ0) is 14.3. The third-order valence-electron chi connectivity index (χ3n) is 3.50. The highest BCUT2D eigenvalue weighted by Crippen LogP contribution is 2.31. The summed E-state index contributed by atoms with van der Waals surface area (Å²) in [5, 5.41) is 3.55. The first-order valence-corrected chi connectivity index (χ1v) is 6.37. The van der Waals surface area contributed by atoms with Gasteiger partial charge in [0, 0.05) is 37.6 Å². The molecular weight excluding hydrogens is 271 g/mol. The molecule has 2 aromatic rings. The SMILES string of the molecule is NC1CCN(c2nccn3nc(C(F)(F)F)cc23)CC1. The molecule has 2 aromatic heterocycles. The number of nitrogens with zero attached hydrogens (tertiary/aromatic N) is 4. The topological polar surface area (TPSA) is 59.5 Å². The molecule has 2 N–H and O–H groups in total. The summed E-state index contributed by atoms with van der Waals surface area (Å²) in [6.07, 6.45) is 0.0489. The fourth-order valence-electron chi connectivity index (χ4n) is 2.40. The first-order valence-electron chi connectivity index (χ1n) is 6.37. The Morgan fingerprint density at radius 1 is 1.25 bits per heavy atom. The Labute approximate surface area is 113 Å². The Kier molecular flexibility index (Phi) is 3.04. The van der Waals surface area contributed by atoms with Crippen LogP contribution in [-0.2, 0) is 6.18 Å². The standard InChI is InChI=1S/C12H14F3N5/c13-12(14,15)10-7-9-11(17-3-6-20(9)18-10)19-4-1-8(16)2-5-19/h3,6-8H,1-2,4-5,16H2. The number of alkyl halides is 3. The lowest BCUT2D eigenvalue weighted by Crippen LogP contribution is -2.40. The third kappa shape index (κ3) is 2.31. The van der Waals surface area contributed by atoms with Gasteiger partial charge in [-0.05, 0) is 12.8 Å². The summed E-state index contributed by atoms with van der Waals surface area (Å²) in [5.41, 5.74) is 5.30. The number of nitrogens with two attached hydrogens (primary N) is 1. The maximum atomic E-state index is 12.7. The molecule has 0 amide bonds. The van der Waals surface area contributed by atoms with Crippen molar-refractivity contribution in [1.29, 1.82) is 0 Å². The molecule has 0 aliphatic carbocycles. The van der Waals surface area contributed by atoms with Crippen LogP contribution < -0.4 is 10.6 Å². The van der Waals surface area contributed by atoms with Gasteiger partial charge in [0.15, 0.2) is 11.5 Å². The van der Waals surface area contributed by atoms with Crippen LogP contribution >= 0.6 is 0 Å². The summed E-state index contributed by atoms with van der Waals surface area (Å²) < 4.78 is 39.4. The quantitative estimate of drug-likeness (QED) is 0.866. The average molecular weight is 285 g/mol. The van der Waals surface area contributed by atoms with Crippen LogP contribution in [0.4, 0.5) is 19.0 Å². The average Bonchev–Trinajstić information content (AvgIpc) is 2.83. The molecule has 0 radical (unpaired) electrons. The molecular formula is C12H14F3N5. The van der Waals surface area contributed by atoms with E-state index in [1.54, 1.807) is 0 Å². The molecule has 0 unspecified atom stereocenters. The number of aromatic nitrogens is 3. The predicted molar refractivity (Wildman–Crippen MR) is 67.4 cm³/mol. The number of rotatable bonds is 1. The Balaban J connectivity index is 2.01. The van der Waals surface area contributed by atoms with E-state index in [0.29, 0.717) is 24.4 Å². The fourth-order valence-corrected chi connectivity index (χ4v) is 2.40. The predicted octanol–water partition coefficient (Wildman–Crippen LogP) is 1.68. The van der Waals surface area contributed by atoms with E-state index < -0.39 is 11.9 Å². The summed E-state index contributed by atoms with van der Waals surface area (Å²) in [7, 11) is 0. The molecule has 1 aliphatic heterocycles. The summed E-state index contributed by atoms with van der Waals surface area (Å²) in [6.45, 7) is 1.39. The van der Waals surface area contributed by atoms with Crippen LogP contribution in [0.1, 0.15) is 18.5 Å². The van der Waals surface area contributed by atoms with E-state index in [9.17, 15) is 13.2 Å². The second-order valence-corrected chi connectivity index (χ2v) is 4.93. The number of hydrogen-bond acceptors (Lipinski definition) is 4. The van der Waals surface area contributed by atoms with Crippen molar-refractivity contribution in [3.05, 3.63) is 24.2 Å². The van der Waals surface area contributed by atoms with Gasteiger partial charge in [-0.25, -0.2) is 9.50 Å². The first-order chi connectivity index (χ1) is 9.45.